The summed E-state index contributed by atoms with van der Waals surface area (Å²) in [5.41, 5.74) is 5.13. The number of rotatable bonds is 1. The number of fused-ring (bicyclic) bond motifs is 1. The number of nitrogens with zero attached hydrogens (tertiary/aromatic N) is 4. The van der Waals surface area contributed by atoms with E-state index in [0.717, 1.165) is 33.8 Å². The van der Waals surface area contributed by atoms with Gasteiger partial charge in [0.05, 0.1) is 5.71 Å². The van der Waals surface area contributed by atoms with Gasteiger partial charge in [0.1, 0.15) is 12.0 Å². The zero-order valence-corrected chi connectivity index (χ0v) is 9.36. The van der Waals surface area contributed by atoms with E-state index >= 15 is 0 Å². The van der Waals surface area contributed by atoms with Crippen molar-refractivity contribution in [2.45, 2.75) is 6.92 Å². The largest absolute Gasteiger partial charge is 0.286 e. The molecule has 2 rings (SSSR count). The third-order valence-corrected chi connectivity index (χ3v) is 2.62. The highest BCUT2D eigenvalue weighted by atomic mass is 14.9. The van der Waals surface area contributed by atoms with Crippen LogP contribution in [0.15, 0.2) is 40.4 Å². The van der Waals surface area contributed by atoms with E-state index in [4.69, 9.17) is 0 Å². The van der Waals surface area contributed by atoms with Crippen molar-refractivity contribution in [3.63, 3.8) is 0 Å². The average Bonchev–Trinajstić information content (AvgIpc) is 2.62. The summed E-state index contributed by atoms with van der Waals surface area (Å²) in [6.07, 6.45) is 3.26. The van der Waals surface area contributed by atoms with Gasteiger partial charge in [-0.2, -0.15) is 0 Å². The first-order valence-corrected chi connectivity index (χ1v) is 4.85. The van der Waals surface area contributed by atoms with Gasteiger partial charge in [0.15, 0.2) is 0 Å². The van der Waals surface area contributed by atoms with E-state index in [1.54, 1.807) is 13.2 Å². The number of allylic oxidation sites excluding steroid dienone is 3. The van der Waals surface area contributed by atoms with Crippen LogP contribution < -0.4 is 0 Å². The Labute approximate surface area is 94.2 Å². The van der Waals surface area contributed by atoms with Crippen LogP contribution in [0.1, 0.15) is 18.2 Å². The summed E-state index contributed by atoms with van der Waals surface area (Å²) < 4.78 is 0. The summed E-state index contributed by atoms with van der Waals surface area (Å²) in [5, 5.41) is 0. The van der Waals surface area contributed by atoms with Crippen molar-refractivity contribution in [3.8, 4) is 0 Å². The van der Waals surface area contributed by atoms with Gasteiger partial charge in [-0.25, -0.2) is 9.97 Å². The lowest BCUT2D eigenvalue weighted by atomic mass is 10.1. The van der Waals surface area contributed by atoms with Crippen LogP contribution >= 0.6 is 0 Å². The van der Waals surface area contributed by atoms with Crippen LogP contribution in [0.3, 0.4) is 0 Å². The Balaban J connectivity index is 2.76. The monoisotopic (exact) mass is 212 g/mol. The molecule has 0 saturated heterocycles. The molecule has 1 aromatic rings. The van der Waals surface area contributed by atoms with Crippen LogP contribution in [-0.4, -0.2) is 29.4 Å². The lowest BCUT2D eigenvalue weighted by molar-refractivity contribution is 1.14. The van der Waals surface area contributed by atoms with E-state index in [1.165, 1.54) is 6.33 Å². The van der Waals surface area contributed by atoms with Gasteiger partial charge in [0.25, 0.3) is 0 Å². The van der Waals surface area contributed by atoms with Crippen molar-refractivity contribution in [1.82, 2.24) is 9.97 Å². The van der Waals surface area contributed by atoms with Gasteiger partial charge in [-0.3, -0.25) is 9.98 Å². The van der Waals surface area contributed by atoms with Crippen LogP contribution in [-0.2, 0) is 0 Å². The molecule has 0 N–H and O–H groups in total. The third kappa shape index (κ3) is 1.31. The summed E-state index contributed by atoms with van der Waals surface area (Å²) in [6.45, 7) is 9.46. The number of aliphatic imine (C=N–C) groups is 2. The quantitative estimate of drug-likeness (QED) is 0.667. The minimum Gasteiger partial charge on any atom is -0.286 e. The Morgan fingerprint density at radius 1 is 1.44 bits per heavy atom. The van der Waals surface area contributed by atoms with Gasteiger partial charge < -0.3 is 0 Å². The molecule has 4 heteroatoms. The summed E-state index contributed by atoms with van der Waals surface area (Å²) in [7, 11) is 1.73. The van der Waals surface area contributed by atoms with Crippen molar-refractivity contribution in [1.29, 1.82) is 0 Å². The molecule has 0 fully saturated rings. The fraction of sp³-hybridized carbons (Fsp3) is 0.167. The van der Waals surface area contributed by atoms with Gasteiger partial charge in [-0.15, -0.1) is 0 Å². The molecule has 0 aliphatic heterocycles. The predicted octanol–water partition coefficient (Wildman–Crippen LogP) is 1.90. The molecule has 1 aliphatic carbocycles. The first-order chi connectivity index (χ1) is 7.70. The van der Waals surface area contributed by atoms with Crippen LogP contribution in [0, 0.1) is 0 Å². The molecule has 0 aromatic carbocycles. The molecule has 0 radical (unpaired) electrons. The summed E-state index contributed by atoms with van der Waals surface area (Å²) in [6, 6.07) is 0. The normalized spacial score (nSPS) is 19.9. The molecule has 0 spiro atoms. The van der Waals surface area contributed by atoms with Crippen LogP contribution in [0.2, 0.25) is 0 Å². The van der Waals surface area contributed by atoms with E-state index in [9.17, 15) is 0 Å². The average molecular weight is 212 g/mol. The zero-order chi connectivity index (χ0) is 11.7. The Hall–Kier alpha value is -2.10. The van der Waals surface area contributed by atoms with Crippen LogP contribution in [0.25, 0.3) is 5.57 Å². The van der Waals surface area contributed by atoms with E-state index < -0.39 is 0 Å². The number of aromatic nitrogens is 2. The number of hydrogen-bond donors (Lipinski definition) is 0. The Morgan fingerprint density at radius 3 is 2.81 bits per heavy atom. The van der Waals surface area contributed by atoms with Crippen molar-refractivity contribution in [3.05, 3.63) is 41.6 Å². The maximum Gasteiger partial charge on any atom is 0.116 e. The van der Waals surface area contributed by atoms with Crippen LogP contribution in [0.4, 0.5) is 0 Å². The fourth-order valence-corrected chi connectivity index (χ4v) is 1.82. The molecule has 1 aromatic heterocycles. The summed E-state index contributed by atoms with van der Waals surface area (Å²) in [5.74, 6) is 0. The minimum absolute atomic E-state index is 0.809. The molecule has 0 unspecified atom stereocenters. The molecule has 0 amide bonds. The van der Waals surface area contributed by atoms with Crippen molar-refractivity contribution in [2.75, 3.05) is 7.05 Å². The van der Waals surface area contributed by atoms with Crippen molar-refractivity contribution in [2.24, 2.45) is 9.98 Å². The second-order valence-electron chi connectivity index (χ2n) is 3.45. The minimum atomic E-state index is 0.809. The highest BCUT2D eigenvalue weighted by molar-refractivity contribution is 6.28. The SMILES string of the molecule is C=N/C(C)=C1/C(=C)c2cncnc2C1=NC. The van der Waals surface area contributed by atoms with Gasteiger partial charge in [-0.05, 0) is 19.2 Å². The fourth-order valence-electron chi connectivity index (χ4n) is 1.82. The molecule has 4 nitrogen and oxygen atoms in total. The lowest BCUT2D eigenvalue weighted by Crippen LogP contribution is -2.02. The van der Waals surface area contributed by atoms with E-state index in [2.05, 4.69) is 33.2 Å². The lowest BCUT2D eigenvalue weighted by Gasteiger charge is -2.02. The van der Waals surface area contributed by atoms with Crippen molar-refractivity contribution < 1.29 is 0 Å². The molecule has 0 bridgehead atoms. The first-order valence-electron chi connectivity index (χ1n) is 4.85. The van der Waals surface area contributed by atoms with Gasteiger partial charge >= 0.3 is 0 Å². The Morgan fingerprint density at radius 2 is 2.19 bits per heavy atom. The molecule has 80 valence electrons. The molecule has 16 heavy (non-hydrogen) atoms. The number of hydrogen-bond acceptors (Lipinski definition) is 4. The summed E-state index contributed by atoms with van der Waals surface area (Å²) in [4.78, 5) is 16.4. The maximum atomic E-state index is 4.25. The standard InChI is InChI=1S/C12H12N4/c1-7-9-5-15-6-16-11(9)12(14-4)10(7)8(2)13-3/h5-6H,1,3H2,2,4H3/b10-8-,14-12?. The van der Waals surface area contributed by atoms with Crippen LogP contribution in [0.5, 0.6) is 0 Å². The summed E-state index contributed by atoms with van der Waals surface area (Å²) >= 11 is 0. The Kier molecular flexibility index (Phi) is 2.48. The molecule has 0 saturated carbocycles. The van der Waals surface area contributed by atoms with Gasteiger partial charge in [0, 0.05) is 30.1 Å². The third-order valence-electron chi connectivity index (χ3n) is 2.62. The second kappa shape index (κ2) is 3.81. The smallest absolute Gasteiger partial charge is 0.116 e. The van der Waals surface area contributed by atoms with Gasteiger partial charge in [0.2, 0.25) is 0 Å². The predicted molar refractivity (Wildman–Crippen MR) is 65.8 cm³/mol. The highest BCUT2D eigenvalue weighted by Crippen LogP contribution is 2.36. The van der Waals surface area contributed by atoms with E-state index in [1.807, 2.05) is 6.92 Å². The van der Waals surface area contributed by atoms with E-state index in [-0.39, 0.29) is 0 Å². The van der Waals surface area contributed by atoms with Gasteiger partial charge in [-0.1, -0.05) is 6.58 Å². The molecular formula is C12H12N4. The maximum absolute atomic E-state index is 4.25. The molecular weight excluding hydrogens is 200 g/mol. The second-order valence-corrected chi connectivity index (χ2v) is 3.45. The molecule has 1 aliphatic rings. The topological polar surface area (TPSA) is 50.5 Å². The highest BCUT2D eigenvalue weighted by Gasteiger charge is 2.29. The zero-order valence-electron chi connectivity index (χ0n) is 9.36. The first kappa shape index (κ1) is 10.4. The molecule has 0 atom stereocenters. The molecule has 1 heterocycles. The van der Waals surface area contributed by atoms with Crippen molar-refractivity contribution >= 4 is 18.0 Å². The Bertz CT molecular complexity index is 538. The van der Waals surface area contributed by atoms with E-state index in [0.29, 0.717) is 0 Å².